The zero-order valence-electron chi connectivity index (χ0n) is 12.3. The molecule has 1 unspecified atom stereocenters. The smallest absolute Gasteiger partial charge is 0.288 e. The largest absolute Gasteiger partial charge is 0.370 e. The van der Waals surface area contributed by atoms with Crippen molar-refractivity contribution in [3.63, 3.8) is 0 Å². The minimum Gasteiger partial charge on any atom is -0.370 e. The molecule has 0 radical (unpaired) electrons. The van der Waals surface area contributed by atoms with E-state index in [0.29, 0.717) is 18.3 Å². The highest BCUT2D eigenvalue weighted by molar-refractivity contribution is 5.99. The Kier molecular flexibility index (Phi) is 4.72. The molecule has 1 aliphatic carbocycles. The first kappa shape index (κ1) is 15.2. The van der Waals surface area contributed by atoms with E-state index in [1.807, 2.05) is 13.8 Å². The van der Waals surface area contributed by atoms with Gasteiger partial charge in [0.25, 0.3) is 11.6 Å². The van der Waals surface area contributed by atoms with E-state index >= 15 is 0 Å². The number of hydrogen-bond acceptors (Lipinski definition) is 5. The van der Waals surface area contributed by atoms with Crippen LogP contribution in [0.2, 0.25) is 0 Å². The van der Waals surface area contributed by atoms with E-state index in [-0.39, 0.29) is 23.2 Å². The lowest BCUT2D eigenvalue weighted by molar-refractivity contribution is -0.385. The average Bonchev–Trinajstić information content (AvgIpc) is 3.22. The highest BCUT2D eigenvalue weighted by Gasteiger charge is 2.25. The first-order valence-corrected chi connectivity index (χ1v) is 7.20. The van der Waals surface area contributed by atoms with Crippen LogP contribution in [0.3, 0.4) is 0 Å². The fourth-order valence-electron chi connectivity index (χ4n) is 2.25. The predicted molar refractivity (Wildman–Crippen MR) is 79.3 cm³/mol. The lowest BCUT2D eigenvalue weighted by Crippen LogP contribution is -2.33. The van der Waals surface area contributed by atoms with Crippen LogP contribution >= 0.6 is 0 Å². The van der Waals surface area contributed by atoms with Gasteiger partial charge in [0.2, 0.25) is 0 Å². The monoisotopic (exact) mass is 292 g/mol. The van der Waals surface area contributed by atoms with Crippen LogP contribution in [0.4, 0.5) is 11.5 Å². The summed E-state index contributed by atoms with van der Waals surface area (Å²) in [5, 5.41) is 16.7. The van der Waals surface area contributed by atoms with E-state index in [0.717, 1.165) is 12.6 Å². The summed E-state index contributed by atoms with van der Waals surface area (Å²) in [5.41, 5.74) is 0.0327. The molecule has 2 rings (SSSR count). The number of nitrogens with zero attached hydrogens (tertiary/aromatic N) is 2. The zero-order chi connectivity index (χ0) is 15.4. The number of rotatable bonds is 7. The van der Waals surface area contributed by atoms with Crippen molar-refractivity contribution in [1.82, 2.24) is 10.3 Å². The summed E-state index contributed by atoms with van der Waals surface area (Å²) in [5.74, 6) is 0.756. The molecule has 1 saturated carbocycles. The molecule has 1 aliphatic rings. The predicted octanol–water partition coefficient (Wildman–Crippen LogP) is 2.34. The van der Waals surface area contributed by atoms with Crippen molar-refractivity contribution in [1.29, 1.82) is 0 Å². The van der Waals surface area contributed by atoms with Gasteiger partial charge in [0.1, 0.15) is 12.0 Å². The van der Waals surface area contributed by atoms with Gasteiger partial charge in [-0.2, -0.15) is 0 Å². The Bertz CT molecular complexity index is 543. The second-order valence-corrected chi connectivity index (χ2v) is 5.43. The average molecular weight is 292 g/mol. The van der Waals surface area contributed by atoms with E-state index in [2.05, 4.69) is 15.6 Å². The van der Waals surface area contributed by atoms with E-state index in [1.165, 1.54) is 18.9 Å². The first-order valence-electron chi connectivity index (χ1n) is 7.20. The van der Waals surface area contributed by atoms with Gasteiger partial charge in [0.05, 0.1) is 10.5 Å². The van der Waals surface area contributed by atoms with Crippen molar-refractivity contribution < 1.29 is 9.72 Å². The molecule has 1 amide bonds. The molecule has 1 heterocycles. The fraction of sp³-hybridized carbons (Fsp3) is 0.571. The van der Waals surface area contributed by atoms with Crippen molar-refractivity contribution in [2.45, 2.75) is 39.2 Å². The van der Waals surface area contributed by atoms with Gasteiger partial charge in [-0.25, -0.2) is 4.98 Å². The van der Waals surface area contributed by atoms with Gasteiger partial charge in [0.15, 0.2) is 0 Å². The van der Waals surface area contributed by atoms with Gasteiger partial charge in [0, 0.05) is 18.7 Å². The van der Waals surface area contributed by atoms with Crippen LogP contribution in [0.25, 0.3) is 0 Å². The minimum atomic E-state index is -0.548. The lowest BCUT2D eigenvalue weighted by atomic mass is 10.1. The Morgan fingerprint density at radius 3 is 2.86 bits per heavy atom. The molecule has 21 heavy (non-hydrogen) atoms. The Hall–Kier alpha value is -2.18. The summed E-state index contributed by atoms with van der Waals surface area (Å²) < 4.78 is 0. The lowest BCUT2D eigenvalue weighted by Gasteiger charge is -2.15. The van der Waals surface area contributed by atoms with Crippen LogP contribution in [-0.4, -0.2) is 28.4 Å². The number of carbonyl (C=O) groups is 1. The molecule has 1 aromatic rings. The number of nitrogens with one attached hydrogen (secondary N) is 2. The molecule has 0 spiro atoms. The second-order valence-electron chi connectivity index (χ2n) is 5.43. The molecule has 0 aromatic carbocycles. The molecule has 114 valence electrons. The number of carbonyl (C=O) groups excluding carboxylic acids is 1. The number of hydrogen-bond donors (Lipinski definition) is 2. The molecule has 1 atom stereocenters. The molecule has 2 N–H and O–H groups in total. The minimum absolute atomic E-state index is 0.0544. The quantitative estimate of drug-likeness (QED) is 0.594. The van der Waals surface area contributed by atoms with Gasteiger partial charge < -0.3 is 10.6 Å². The van der Waals surface area contributed by atoms with E-state index in [1.54, 1.807) is 0 Å². The SMILES string of the molecule is CCNc1ncc([N+](=O)[O-])cc1C(=O)NC(C)CC1CC1. The third-order valence-corrected chi connectivity index (χ3v) is 3.43. The van der Waals surface area contributed by atoms with Crippen molar-refractivity contribution in [3.8, 4) is 0 Å². The van der Waals surface area contributed by atoms with Crippen molar-refractivity contribution in [2.24, 2.45) is 5.92 Å². The van der Waals surface area contributed by atoms with Crippen molar-refractivity contribution in [2.75, 3.05) is 11.9 Å². The summed E-state index contributed by atoms with van der Waals surface area (Å²) in [4.78, 5) is 26.6. The normalized spacial score (nSPS) is 15.3. The maximum absolute atomic E-state index is 12.3. The highest BCUT2D eigenvalue weighted by atomic mass is 16.6. The van der Waals surface area contributed by atoms with E-state index < -0.39 is 4.92 Å². The third-order valence-electron chi connectivity index (χ3n) is 3.43. The van der Waals surface area contributed by atoms with Crippen LogP contribution in [0.5, 0.6) is 0 Å². The second kappa shape index (κ2) is 6.51. The maximum atomic E-state index is 12.3. The molecule has 1 aromatic heterocycles. The molecular weight excluding hydrogens is 272 g/mol. The topological polar surface area (TPSA) is 97.2 Å². The number of aromatic nitrogens is 1. The molecule has 7 heteroatoms. The fourth-order valence-corrected chi connectivity index (χ4v) is 2.25. The van der Waals surface area contributed by atoms with Gasteiger partial charge >= 0.3 is 0 Å². The number of pyridine rings is 1. The number of nitro groups is 1. The summed E-state index contributed by atoms with van der Waals surface area (Å²) >= 11 is 0. The zero-order valence-corrected chi connectivity index (χ0v) is 12.3. The molecule has 7 nitrogen and oxygen atoms in total. The molecule has 0 saturated heterocycles. The van der Waals surface area contributed by atoms with E-state index in [4.69, 9.17) is 0 Å². The Morgan fingerprint density at radius 1 is 1.57 bits per heavy atom. The van der Waals surface area contributed by atoms with Crippen molar-refractivity contribution >= 4 is 17.4 Å². The van der Waals surface area contributed by atoms with Crippen LogP contribution < -0.4 is 10.6 Å². The molecule has 1 fully saturated rings. The molecule has 0 aliphatic heterocycles. The number of anilines is 1. The number of amides is 1. The Labute approximate surface area is 123 Å². The maximum Gasteiger partial charge on any atom is 0.288 e. The van der Waals surface area contributed by atoms with Crippen LogP contribution in [0, 0.1) is 16.0 Å². The Balaban J connectivity index is 2.15. The summed E-state index contributed by atoms with van der Waals surface area (Å²) in [6.45, 7) is 4.41. The Morgan fingerprint density at radius 2 is 2.29 bits per heavy atom. The van der Waals surface area contributed by atoms with Gasteiger partial charge in [-0.3, -0.25) is 14.9 Å². The molecule has 0 bridgehead atoms. The van der Waals surface area contributed by atoms with Crippen molar-refractivity contribution in [3.05, 3.63) is 27.9 Å². The van der Waals surface area contributed by atoms with Crippen LogP contribution in [0.15, 0.2) is 12.3 Å². The van der Waals surface area contributed by atoms with Gasteiger partial charge in [-0.1, -0.05) is 12.8 Å². The standard InChI is InChI=1S/C14H20N4O3/c1-3-15-13-12(7-11(8-16-13)18(20)21)14(19)17-9(2)6-10-4-5-10/h7-10H,3-6H2,1-2H3,(H,15,16)(H,17,19). The van der Waals surface area contributed by atoms with Crippen LogP contribution in [0.1, 0.15) is 43.5 Å². The highest BCUT2D eigenvalue weighted by Crippen LogP contribution is 2.33. The van der Waals surface area contributed by atoms with E-state index in [9.17, 15) is 14.9 Å². The summed E-state index contributed by atoms with van der Waals surface area (Å²) in [6.07, 6.45) is 4.55. The van der Waals surface area contributed by atoms with Crippen LogP contribution in [-0.2, 0) is 0 Å². The summed E-state index contributed by atoms with van der Waals surface area (Å²) in [6, 6.07) is 1.32. The van der Waals surface area contributed by atoms with Gasteiger partial charge in [-0.05, 0) is 26.2 Å². The third kappa shape index (κ3) is 4.14. The summed E-state index contributed by atoms with van der Waals surface area (Å²) in [7, 11) is 0. The van der Waals surface area contributed by atoms with Gasteiger partial charge in [-0.15, -0.1) is 0 Å². The first-order chi connectivity index (χ1) is 10.0. The molecular formula is C14H20N4O3.